The van der Waals surface area contributed by atoms with Gasteiger partial charge < -0.3 is 16.2 Å². The predicted molar refractivity (Wildman–Crippen MR) is 107 cm³/mol. The highest BCUT2D eigenvalue weighted by Crippen LogP contribution is 2.29. The van der Waals surface area contributed by atoms with Crippen LogP contribution in [0.1, 0.15) is 57.2 Å². The summed E-state index contributed by atoms with van der Waals surface area (Å²) in [7, 11) is 1.80. The molecule has 1 heterocycles. The van der Waals surface area contributed by atoms with Gasteiger partial charge in [-0.1, -0.05) is 32.9 Å². The van der Waals surface area contributed by atoms with Gasteiger partial charge in [0, 0.05) is 18.3 Å². The van der Waals surface area contributed by atoms with Crippen LogP contribution in [0.3, 0.4) is 0 Å². The molecule has 0 bridgehead atoms. The van der Waals surface area contributed by atoms with Crippen LogP contribution in [0, 0.1) is 0 Å². The first-order valence-corrected chi connectivity index (χ1v) is 8.95. The van der Waals surface area contributed by atoms with Crippen molar-refractivity contribution in [1.29, 1.82) is 0 Å². The molecule has 136 valence electrons. The van der Waals surface area contributed by atoms with E-state index in [0.29, 0.717) is 6.42 Å². The highest BCUT2D eigenvalue weighted by atomic mass is 16.3. The first-order valence-electron chi connectivity index (χ1n) is 8.95. The fraction of sp³-hybridized carbons (Fsp3) is 0.476. The van der Waals surface area contributed by atoms with Crippen molar-refractivity contribution in [2.75, 3.05) is 7.05 Å². The van der Waals surface area contributed by atoms with Gasteiger partial charge in [0.2, 0.25) is 0 Å². The zero-order chi connectivity index (χ0) is 18.6. The summed E-state index contributed by atoms with van der Waals surface area (Å²) in [6.45, 7) is 8.71. The number of aryl methyl sites for hydroxylation is 1. The van der Waals surface area contributed by atoms with Crippen LogP contribution in [0.5, 0.6) is 0 Å². The molecule has 0 fully saturated rings. The molecule has 0 spiro atoms. The smallest absolute Gasteiger partial charge is 0.132 e. The van der Waals surface area contributed by atoms with Gasteiger partial charge in [-0.2, -0.15) is 0 Å². The van der Waals surface area contributed by atoms with E-state index in [2.05, 4.69) is 61.4 Å². The Balaban J connectivity index is 2.37. The van der Waals surface area contributed by atoms with Gasteiger partial charge in [0.25, 0.3) is 0 Å². The summed E-state index contributed by atoms with van der Waals surface area (Å²) >= 11 is 0. The third-order valence-corrected chi connectivity index (χ3v) is 4.50. The second kappa shape index (κ2) is 7.98. The van der Waals surface area contributed by atoms with E-state index in [-0.39, 0.29) is 5.41 Å². The molecule has 0 amide bonds. The van der Waals surface area contributed by atoms with Crippen molar-refractivity contribution in [1.82, 2.24) is 5.32 Å². The van der Waals surface area contributed by atoms with E-state index in [9.17, 15) is 5.11 Å². The lowest BCUT2D eigenvalue weighted by atomic mass is 9.84. The first kappa shape index (κ1) is 19.4. The topological polar surface area (TPSA) is 70.6 Å². The van der Waals surface area contributed by atoms with Crippen LogP contribution in [-0.2, 0) is 11.8 Å². The standard InChI is InChI=1S/C21H31N3O/c1-6-15-13-18(24-20(15)23-5)16-10-14(8-7-9-19(22)25)11-17(12-16)21(2,3)4/h6,10-13,19,25H,7-9,22H2,1-5H3,(H,23,24)/b15-6-. The zero-order valence-corrected chi connectivity index (χ0v) is 16.1. The molecule has 1 aliphatic heterocycles. The van der Waals surface area contributed by atoms with Gasteiger partial charge in [-0.3, -0.25) is 4.99 Å². The van der Waals surface area contributed by atoms with E-state index < -0.39 is 6.23 Å². The molecule has 0 saturated carbocycles. The number of amidine groups is 1. The van der Waals surface area contributed by atoms with E-state index >= 15 is 0 Å². The number of benzene rings is 1. The lowest BCUT2D eigenvalue weighted by Crippen LogP contribution is -2.19. The maximum atomic E-state index is 9.29. The molecule has 25 heavy (non-hydrogen) atoms. The molecular formula is C21H31N3O. The third kappa shape index (κ3) is 5.03. The van der Waals surface area contributed by atoms with Crippen molar-refractivity contribution in [2.24, 2.45) is 10.7 Å². The largest absolute Gasteiger partial charge is 0.379 e. The number of aliphatic hydroxyl groups is 1. The van der Waals surface area contributed by atoms with Crippen molar-refractivity contribution in [3.05, 3.63) is 52.6 Å². The van der Waals surface area contributed by atoms with E-state index in [4.69, 9.17) is 5.73 Å². The van der Waals surface area contributed by atoms with Crippen molar-refractivity contribution >= 4 is 11.5 Å². The second-order valence-corrected chi connectivity index (χ2v) is 7.63. The van der Waals surface area contributed by atoms with Crippen molar-refractivity contribution < 1.29 is 5.11 Å². The maximum Gasteiger partial charge on any atom is 0.132 e. The fourth-order valence-electron chi connectivity index (χ4n) is 2.96. The third-order valence-electron chi connectivity index (χ3n) is 4.50. The average Bonchev–Trinajstić information content (AvgIpc) is 2.97. The van der Waals surface area contributed by atoms with E-state index in [0.717, 1.165) is 29.9 Å². The molecule has 0 aliphatic carbocycles. The fourth-order valence-corrected chi connectivity index (χ4v) is 2.96. The summed E-state index contributed by atoms with van der Waals surface area (Å²) in [6, 6.07) is 6.75. The monoisotopic (exact) mass is 341 g/mol. The highest BCUT2D eigenvalue weighted by Gasteiger charge is 2.20. The summed E-state index contributed by atoms with van der Waals surface area (Å²) in [5.41, 5.74) is 11.5. The molecule has 1 aliphatic rings. The number of nitrogens with one attached hydrogen (secondary N) is 1. The minimum absolute atomic E-state index is 0.0718. The van der Waals surface area contributed by atoms with Crippen molar-refractivity contribution in [2.45, 2.75) is 58.6 Å². The van der Waals surface area contributed by atoms with Gasteiger partial charge in [0.05, 0.1) is 0 Å². The molecular weight excluding hydrogens is 310 g/mol. The first-order chi connectivity index (χ1) is 11.7. The minimum Gasteiger partial charge on any atom is -0.379 e. The lowest BCUT2D eigenvalue weighted by Gasteiger charge is -2.22. The molecule has 0 saturated heterocycles. The van der Waals surface area contributed by atoms with Crippen LogP contribution in [0.4, 0.5) is 0 Å². The summed E-state index contributed by atoms with van der Waals surface area (Å²) in [5.74, 6) is 0.909. The highest BCUT2D eigenvalue weighted by molar-refractivity contribution is 6.11. The Kier molecular flexibility index (Phi) is 6.20. The molecule has 4 heteroatoms. The second-order valence-electron chi connectivity index (χ2n) is 7.63. The van der Waals surface area contributed by atoms with Crippen LogP contribution in [0.2, 0.25) is 0 Å². The summed E-state index contributed by atoms with van der Waals surface area (Å²) in [4.78, 5) is 4.32. The van der Waals surface area contributed by atoms with Crippen LogP contribution < -0.4 is 11.1 Å². The molecule has 0 radical (unpaired) electrons. The summed E-state index contributed by atoms with van der Waals surface area (Å²) < 4.78 is 0. The van der Waals surface area contributed by atoms with E-state index in [1.807, 2.05) is 6.92 Å². The van der Waals surface area contributed by atoms with Crippen molar-refractivity contribution in [3.8, 4) is 0 Å². The molecule has 2 rings (SSSR count). The zero-order valence-electron chi connectivity index (χ0n) is 16.1. The van der Waals surface area contributed by atoms with Gasteiger partial charge in [0.1, 0.15) is 12.1 Å². The number of aliphatic hydroxyl groups excluding tert-OH is 1. The average molecular weight is 341 g/mol. The predicted octanol–water partition coefficient (Wildman–Crippen LogP) is 3.50. The van der Waals surface area contributed by atoms with Crippen LogP contribution >= 0.6 is 0 Å². The van der Waals surface area contributed by atoms with Gasteiger partial charge in [-0.15, -0.1) is 0 Å². The Morgan fingerprint density at radius 3 is 2.52 bits per heavy atom. The van der Waals surface area contributed by atoms with E-state index in [1.54, 1.807) is 7.05 Å². The number of nitrogens with two attached hydrogens (primary N) is 1. The number of nitrogens with zero attached hydrogens (tertiary/aromatic N) is 1. The Hall–Kier alpha value is -1.91. The molecule has 1 unspecified atom stereocenters. The van der Waals surface area contributed by atoms with Gasteiger partial charge in [-0.25, -0.2) is 0 Å². The van der Waals surface area contributed by atoms with Crippen LogP contribution in [0.25, 0.3) is 5.70 Å². The lowest BCUT2D eigenvalue weighted by molar-refractivity contribution is 0.169. The number of aliphatic imine (C=N–C) groups is 1. The summed E-state index contributed by atoms with van der Waals surface area (Å²) in [5, 5.41) is 12.7. The van der Waals surface area contributed by atoms with Gasteiger partial charge in [-0.05, 0) is 66.5 Å². The van der Waals surface area contributed by atoms with Gasteiger partial charge >= 0.3 is 0 Å². The quantitative estimate of drug-likeness (QED) is 0.718. The number of hydrogen-bond donors (Lipinski definition) is 3. The Bertz CT molecular complexity index is 706. The van der Waals surface area contributed by atoms with E-state index in [1.165, 1.54) is 16.7 Å². The summed E-state index contributed by atoms with van der Waals surface area (Å²) in [6.07, 6.45) is 5.88. The molecule has 0 aromatic heterocycles. The van der Waals surface area contributed by atoms with Crippen LogP contribution in [0.15, 0.2) is 40.9 Å². The maximum absolute atomic E-state index is 9.29. The molecule has 1 aromatic carbocycles. The Morgan fingerprint density at radius 2 is 2.00 bits per heavy atom. The normalized spacial score (nSPS) is 19.2. The van der Waals surface area contributed by atoms with Crippen molar-refractivity contribution in [3.63, 3.8) is 0 Å². The number of rotatable bonds is 5. The Labute approximate surface area is 151 Å². The minimum atomic E-state index is -0.731. The van der Waals surface area contributed by atoms with Crippen LogP contribution in [-0.4, -0.2) is 24.2 Å². The van der Waals surface area contributed by atoms with Gasteiger partial charge in [0.15, 0.2) is 0 Å². The molecule has 4 nitrogen and oxygen atoms in total. The molecule has 1 aromatic rings. The number of hydrogen-bond acceptors (Lipinski definition) is 3. The Morgan fingerprint density at radius 1 is 1.28 bits per heavy atom. The molecule has 4 N–H and O–H groups in total. The number of allylic oxidation sites excluding steroid dienone is 1. The SMILES string of the molecule is C/C=C1/C=C(c2cc(CCCC(N)O)cc(C(C)(C)C)c2)NC1=NC. The molecule has 1 atom stereocenters.